The Morgan fingerprint density at radius 2 is 1.67 bits per heavy atom. The first kappa shape index (κ1) is 26.8. The number of nitrogens with zero attached hydrogens (tertiary/aromatic N) is 1. The molecule has 0 aromatic heterocycles. The molecular weight excluding hydrogens is 452 g/mol. The van der Waals surface area contributed by atoms with Gasteiger partial charge < -0.3 is 20.1 Å². The maximum absolute atomic E-state index is 13.1. The number of unbranched alkanes of at least 4 members (excludes halogenated alkanes) is 1. The number of methoxy groups -OCH3 is 1. The van der Waals surface area contributed by atoms with Gasteiger partial charge in [-0.3, -0.25) is 4.79 Å². The van der Waals surface area contributed by atoms with Crippen LogP contribution in [0.2, 0.25) is 0 Å². The standard InChI is InChI=1S/C30H36N2O4/c1-6-7-12-28(33)32(27-18-17-23(35-5)19-26(27)31)20-21-13-15-22(16-14-21)24-10-8-9-11-25(24)29(34)36-30(2,3)4/h8-11,13-19H,6-7,12,20,31H2,1-5H3. The van der Waals surface area contributed by atoms with Crippen molar-refractivity contribution in [1.29, 1.82) is 0 Å². The van der Waals surface area contributed by atoms with Gasteiger partial charge in [0.1, 0.15) is 11.4 Å². The molecule has 2 N–H and O–H groups in total. The molecule has 3 aromatic carbocycles. The zero-order valence-corrected chi connectivity index (χ0v) is 21.8. The summed E-state index contributed by atoms with van der Waals surface area (Å²) in [6.45, 7) is 8.00. The van der Waals surface area contributed by atoms with Gasteiger partial charge in [0.15, 0.2) is 0 Å². The van der Waals surface area contributed by atoms with Gasteiger partial charge in [-0.2, -0.15) is 0 Å². The number of esters is 1. The van der Waals surface area contributed by atoms with Crippen molar-refractivity contribution in [2.75, 3.05) is 17.7 Å². The van der Waals surface area contributed by atoms with Crippen LogP contribution >= 0.6 is 0 Å². The zero-order valence-electron chi connectivity index (χ0n) is 21.8. The summed E-state index contributed by atoms with van der Waals surface area (Å²) in [6, 6.07) is 20.6. The van der Waals surface area contributed by atoms with E-state index in [-0.39, 0.29) is 11.9 Å². The van der Waals surface area contributed by atoms with E-state index >= 15 is 0 Å². The number of hydrogen-bond donors (Lipinski definition) is 1. The van der Waals surface area contributed by atoms with Crippen LogP contribution < -0.4 is 15.4 Å². The molecular formula is C30H36N2O4. The van der Waals surface area contributed by atoms with Gasteiger partial charge in [0.2, 0.25) is 5.91 Å². The van der Waals surface area contributed by atoms with Gasteiger partial charge in [0, 0.05) is 12.5 Å². The summed E-state index contributed by atoms with van der Waals surface area (Å²) in [5.74, 6) is 0.308. The van der Waals surface area contributed by atoms with Gasteiger partial charge in [-0.1, -0.05) is 55.8 Å². The average molecular weight is 489 g/mol. The first-order chi connectivity index (χ1) is 17.1. The predicted octanol–water partition coefficient (Wildman–Crippen LogP) is 6.62. The lowest BCUT2D eigenvalue weighted by Gasteiger charge is -2.25. The molecule has 0 saturated heterocycles. The molecule has 36 heavy (non-hydrogen) atoms. The number of amides is 1. The van der Waals surface area contributed by atoms with Crippen molar-refractivity contribution in [3.8, 4) is 16.9 Å². The van der Waals surface area contributed by atoms with Crippen molar-refractivity contribution < 1.29 is 19.1 Å². The number of ether oxygens (including phenoxy) is 2. The monoisotopic (exact) mass is 488 g/mol. The van der Waals surface area contributed by atoms with E-state index in [9.17, 15) is 9.59 Å². The lowest BCUT2D eigenvalue weighted by atomic mass is 9.98. The SMILES string of the molecule is CCCCC(=O)N(Cc1ccc(-c2ccccc2C(=O)OC(C)(C)C)cc1)c1ccc(OC)cc1N. The molecule has 0 atom stereocenters. The summed E-state index contributed by atoms with van der Waals surface area (Å²) in [4.78, 5) is 27.6. The molecule has 1 amide bonds. The number of rotatable bonds is 9. The molecule has 3 aromatic rings. The van der Waals surface area contributed by atoms with Gasteiger partial charge in [-0.15, -0.1) is 0 Å². The third-order valence-electron chi connectivity index (χ3n) is 5.72. The lowest BCUT2D eigenvalue weighted by Crippen LogP contribution is -2.30. The Labute approximate surface area is 214 Å². The van der Waals surface area contributed by atoms with Crippen LogP contribution in [-0.2, 0) is 16.1 Å². The molecule has 3 rings (SSSR count). The molecule has 0 fully saturated rings. The number of anilines is 2. The van der Waals surface area contributed by atoms with E-state index in [1.807, 2.05) is 75.4 Å². The average Bonchev–Trinajstić information content (AvgIpc) is 2.85. The highest BCUT2D eigenvalue weighted by Gasteiger charge is 2.21. The minimum Gasteiger partial charge on any atom is -0.497 e. The topological polar surface area (TPSA) is 81.9 Å². The van der Waals surface area contributed by atoms with Crippen LogP contribution in [0.3, 0.4) is 0 Å². The second kappa shape index (κ2) is 11.8. The Balaban J connectivity index is 1.89. The van der Waals surface area contributed by atoms with Crippen molar-refractivity contribution >= 4 is 23.3 Å². The fourth-order valence-electron chi connectivity index (χ4n) is 3.89. The van der Waals surface area contributed by atoms with Crippen LogP contribution in [0.5, 0.6) is 5.75 Å². The fourth-order valence-corrected chi connectivity index (χ4v) is 3.89. The predicted molar refractivity (Wildman–Crippen MR) is 145 cm³/mol. The molecule has 190 valence electrons. The Morgan fingerprint density at radius 3 is 2.28 bits per heavy atom. The van der Waals surface area contributed by atoms with Crippen molar-refractivity contribution in [3.63, 3.8) is 0 Å². The van der Waals surface area contributed by atoms with Crippen molar-refractivity contribution in [3.05, 3.63) is 77.9 Å². The van der Waals surface area contributed by atoms with Gasteiger partial charge in [-0.05, 0) is 62.1 Å². The number of benzene rings is 3. The maximum Gasteiger partial charge on any atom is 0.339 e. The van der Waals surface area contributed by atoms with Gasteiger partial charge >= 0.3 is 5.97 Å². The van der Waals surface area contributed by atoms with Crippen LogP contribution in [0.15, 0.2) is 66.7 Å². The minimum atomic E-state index is -0.578. The van der Waals surface area contributed by atoms with Gasteiger partial charge in [-0.25, -0.2) is 4.79 Å². The second-order valence-electron chi connectivity index (χ2n) is 9.75. The van der Waals surface area contributed by atoms with E-state index in [0.717, 1.165) is 29.5 Å². The summed E-state index contributed by atoms with van der Waals surface area (Å²) >= 11 is 0. The molecule has 0 aliphatic rings. The Bertz CT molecular complexity index is 1200. The summed E-state index contributed by atoms with van der Waals surface area (Å²) in [7, 11) is 1.58. The van der Waals surface area contributed by atoms with E-state index in [1.54, 1.807) is 24.1 Å². The number of hydrogen-bond acceptors (Lipinski definition) is 5. The highest BCUT2D eigenvalue weighted by molar-refractivity contribution is 5.98. The van der Waals surface area contributed by atoms with Gasteiger partial charge in [0.05, 0.1) is 30.6 Å². The van der Waals surface area contributed by atoms with E-state index in [2.05, 4.69) is 6.92 Å². The molecule has 6 heteroatoms. The lowest BCUT2D eigenvalue weighted by molar-refractivity contribution is -0.118. The molecule has 0 bridgehead atoms. The first-order valence-electron chi connectivity index (χ1n) is 12.3. The Morgan fingerprint density at radius 1 is 0.972 bits per heavy atom. The molecule has 0 saturated carbocycles. The van der Waals surface area contributed by atoms with Crippen LogP contribution in [-0.4, -0.2) is 24.6 Å². The highest BCUT2D eigenvalue weighted by Crippen LogP contribution is 2.31. The second-order valence-corrected chi connectivity index (χ2v) is 9.75. The highest BCUT2D eigenvalue weighted by atomic mass is 16.6. The molecule has 0 aliphatic heterocycles. The van der Waals surface area contributed by atoms with Crippen LogP contribution in [0, 0.1) is 0 Å². The smallest absolute Gasteiger partial charge is 0.339 e. The maximum atomic E-state index is 13.1. The number of carbonyl (C=O) groups is 2. The number of nitrogen functional groups attached to an aromatic ring is 1. The molecule has 0 aliphatic carbocycles. The third kappa shape index (κ3) is 6.87. The van der Waals surface area contributed by atoms with Crippen molar-refractivity contribution in [1.82, 2.24) is 0 Å². The summed E-state index contributed by atoms with van der Waals surface area (Å²) < 4.78 is 10.9. The minimum absolute atomic E-state index is 0.0214. The van der Waals surface area contributed by atoms with Crippen LogP contribution in [0.4, 0.5) is 11.4 Å². The van der Waals surface area contributed by atoms with Gasteiger partial charge in [0.25, 0.3) is 0 Å². The molecule has 0 radical (unpaired) electrons. The van der Waals surface area contributed by atoms with E-state index in [1.165, 1.54) is 0 Å². The van der Waals surface area contributed by atoms with Crippen LogP contribution in [0.1, 0.15) is 62.9 Å². The largest absolute Gasteiger partial charge is 0.497 e. The first-order valence-corrected chi connectivity index (χ1v) is 12.3. The Kier molecular flexibility index (Phi) is 8.75. The molecule has 6 nitrogen and oxygen atoms in total. The van der Waals surface area contributed by atoms with Crippen molar-refractivity contribution in [2.24, 2.45) is 0 Å². The summed E-state index contributed by atoms with van der Waals surface area (Å²) in [5.41, 5.74) is 10.0. The quantitative estimate of drug-likeness (QED) is 0.270. The fraction of sp³-hybridized carbons (Fsp3) is 0.333. The molecule has 0 unspecified atom stereocenters. The zero-order chi connectivity index (χ0) is 26.3. The number of carbonyl (C=O) groups excluding carboxylic acids is 2. The molecule has 0 heterocycles. The van der Waals surface area contributed by atoms with Crippen LogP contribution in [0.25, 0.3) is 11.1 Å². The third-order valence-corrected chi connectivity index (χ3v) is 5.72. The summed E-state index contributed by atoms with van der Waals surface area (Å²) in [6.07, 6.45) is 2.19. The molecule has 0 spiro atoms. The van der Waals surface area contributed by atoms with E-state index in [0.29, 0.717) is 35.7 Å². The Hall–Kier alpha value is -3.80. The van der Waals surface area contributed by atoms with Crippen molar-refractivity contribution in [2.45, 2.75) is 59.1 Å². The normalized spacial score (nSPS) is 11.1. The summed E-state index contributed by atoms with van der Waals surface area (Å²) in [5, 5.41) is 0. The van der Waals surface area contributed by atoms with E-state index in [4.69, 9.17) is 15.2 Å². The van der Waals surface area contributed by atoms with E-state index < -0.39 is 5.60 Å². The number of nitrogens with two attached hydrogens (primary N) is 1.